The fourth-order valence-corrected chi connectivity index (χ4v) is 3.66. The summed E-state index contributed by atoms with van der Waals surface area (Å²) in [6.07, 6.45) is 13.6. The molecule has 1 aliphatic heterocycles. The lowest BCUT2D eigenvalue weighted by Gasteiger charge is -2.17. The van der Waals surface area contributed by atoms with Crippen molar-refractivity contribution in [1.29, 1.82) is 0 Å². The monoisotopic (exact) mass is 380 g/mol. The SMILES string of the molecule is CCCCCCCCC/C=C(\C(=C=C(C)C)c1ccccc1)C1CCC(=O)O1. The summed E-state index contributed by atoms with van der Waals surface area (Å²) < 4.78 is 5.65. The van der Waals surface area contributed by atoms with Gasteiger partial charge in [0.1, 0.15) is 6.10 Å². The highest BCUT2D eigenvalue weighted by atomic mass is 16.5. The molecule has 0 spiro atoms. The molecule has 1 unspecified atom stereocenters. The number of cyclic esters (lactones) is 1. The maximum absolute atomic E-state index is 11.8. The zero-order valence-electron chi connectivity index (χ0n) is 17.9. The lowest BCUT2D eigenvalue weighted by molar-refractivity contribution is -0.140. The fraction of sp³-hybridized carbons (Fsp3) is 0.538. The number of allylic oxidation sites excluding steroid dienone is 1. The van der Waals surface area contributed by atoms with Crippen LogP contribution in [0.25, 0.3) is 5.57 Å². The zero-order chi connectivity index (χ0) is 20.2. The van der Waals surface area contributed by atoms with Gasteiger partial charge in [-0.15, -0.1) is 5.73 Å². The molecular weight excluding hydrogens is 344 g/mol. The number of benzene rings is 1. The van der Waals surface area contributed by atoms with E-state index >= 15 is 0 Å². The van der Waals surface area contributed by atoms with Crippen molar-refractivity contribution in [1.82, 2.24) is 0 Å². The highest BCUT2D eigenvalue weighted by molar-refractivity contribution is 5.82. The standard InChI is InChI=1S/C26H36O2/c1-4-5-6-7-8-9-10-14-17-23(25-18-19-26(27)28-25)24(20-21(2)3)22-15-12-11-13-16-22/h11-13,15-17,25H,4-10,14,18-19H2,1-3H3/b23-17+. The van der Waals surface area contributed by atoms with E-state index in [1.165, 1.54) is 44.9 Å². The van der Waals surface area contributed by atoms with Crippen LogP contribution >= 0.6 is 0 Å². The molecule has 1 heterocycles. The van der Waals surface area contributed by atoms with E-state index in [2.05, 4.69) is 56.8 Å². The summed E-state index contributed by atoms with van der Waals surface area (Å²) in [5.74, 6) is -0.0866. The number of esters is 1. The second-order valence-corrected chi connectivity index (χ2v) is 7.95. The third-order valence-corrected chi connectivity index (χ3v) is 5.13. The van der Waals surface area contributed by atoms with Gasteiger partial charge in [-0.1, -0.05) is 81.9 Å². The van der Waals surface area contributed by atoms with Gasteiger partial charge >= 0.3 is 5.97 Å². The Morgan fingerprint density at radius 3 is 2.36 bits per heavy atom. The second-order valence-electron chi connectivity index (χ2n) is 7.95. The first-order valence-corrected chi connectivity index (χ1v) is 11.0. The summed E-state index contributed by atoms with van der Waals surface area (Å²) in [4.78, 5) is 11.8. The third kappa shape index (κ3) is 7.52. The molecule has 2 nitrogen and oxygen atoms in total. The number of carbonyl (C=O) groups excluding carboxylic acids is 1. The van der Waals surface area contributed by atoms with Gasteiger partial charge in [-0.2, -0.15) is 0 Å². The minimum absolute atomic E-state index is 0.0866. The highest BCUT2D eigenvalue weighted by Crippen LogP contribution is 2.32. The number of carbonyl (C=O) groups is 1. The summed E-state index contributed by atoms with van der Waals surface area (Å²) in [6, 6.07) is 10.4. The first-order valence-electron chi connectivity index (χ1n) is 11.0. The van der Waals surface area contributed by atoms with Crippen molar-refractivity contribution in [2.24, 2.45) is 0 Å². The van der Waals surface area contributed by atoms with Crippen LogP contribution in [0.4, 0.5) is 0 Å². The van der Waals surface area contributed by atoms with Gasteiger partial charge in [0.2, 0.25) is 0 Å². The smallest absolute Gasteiger partial charge is 0.306 e. The van der Waals surface area contributed by atoms with E-state index in [9.17, 15) is 4.79 Å². The Bertz CT molecular complexity index is 701. The van der Waals surface area contributed by atoms with Gasteiger partial charge in [-0.3, -0.25) is 4.79 Å². The Morgan fingerprint density at radius 1 is 1.07 bits per heavy atom. The van der Waals surface area contributed by atoms with Gasteiger partial charge in [-0.25, -0.2) is 0 Å². The molecule has 1 aromatic rings. The van der Waals surface area contributed by atoms with E-state index in [0.29, 0.717) is 6.42 Å². The molecule has 0 radical (unpaired) electrons. The van der Waals surface area contributed by atoms with Gasteiger partial charge in [0.25, 0.3) is 0 Å². The number of rotatable bonds is 11. The Kier molecular flexibility index (Phi) is 9.86. The van der Waals surface area contributed by atoms with Crippen LogP contribution in [0.1, 0.15) is 90.5 Å². The van der Waals surface area contributed by atoms with Crippen LogP contribution in [0.15, 0.2) is 53.3 Å². The number of ether oxygens (including phenoxy) is 1. The van der Waals surface area contributed by atoms with Crippen molar-refractivity contribution in [3.05, 3.63) is 58.8 Å². The number of unbranched alkanes of at least 4 members (excludes halogenated alkanes) is 7. The summed E-state index contributed by atoms with van der Waals surface area (Å²) in [7, 11) is 0. The molecule has 1 aliphatic rings. The molecule has 0 aliphatic carbocycles. The Morgan fingerprint density at radius 2 is 1.75 bits per heavy atom. The Balaban J connectivity index is 2.14. The Labute approximate surface area is 171 Å². The molecule has 0 N–H and O–H groups in total. The van der Waals surface area contributed by atoms with Crippen molar-refractivity contribution >= 4 is 11.5 Å². The average Bonchev–Trinajstić information content (AvgIpc) is 3.12. The summed E-state index contributed by atoms with van der Waals surface area (Å²) in [5.41, 5.74) is 8.00. The van der Waals surface area contributed by atoms with Crippen LogP contribution in [0, 0.1) is 0 Å². The minimum atomic E-state index is -0.140. The van der Waals surface area contributed by atoms with Gasteiger partial charge in [0.15, 0.2) is 0 Å². The predicted molar refractivity (Wildman–Crippen MR) is 118 cm³/mol. The van der Waals surface area contributed by atoms with E-state index < -0.39 is 0 Å². The molecule has 2 heteroatoms. The first kappa shape index (κ1) is 22.2. The predicted octanol–water partition coefficient (Wildman–Crippen LogP) is 7.41. The zero-order valence-corrected chi connectivity index (χ0v) is 17.9. The second kappa shape index (κ2) is 12.4. The van der Waals surface area contributed by atoms with Crippen LogP contribution in [-0.4, -0.2) is 12.1 Å². The summed E-state index contributed by atoms with van der Waals surface area (Å²) in [6.45, 7) is 6.39. The molecule has 1 aromatic carbocycles. The van der Waals surface area contributed by atoms with Gasteiger partial charge in [-0.05, 0) is 44.2 Å². The molecule has 0 saturated carbocycles. The molecule has 1 atom stereocenters. The fourth-order valence-electron chi connectivity index (χ4n) is 3.66. The molecule has 28 heavy (non-hydrogen) atoms. The van der Waals surface area contributed by atoms with Crippen molar-refractivity contribution < 1.29 is 9.53 Å². The maximum atomic E-state index is 11.8. The van der Waals surface area contributed by atoms with E-state index in [0.717, 1.165) is 35.1 Å². The number of hydrogen-bond acceptors (Lipinski definition) is 2. The first-order chi connectivity index (χ1) is 13.6. The lowest BCUT2D eigenvalue weighted by Crippen LogP contribution is -2.12. The van der Waals surface area contributed by atoms with Crippen LogP contribution < -0.4 is 0 Å². The molecule has 2 rings (SSSR count). The molecule has 0 aromatic heterocycles. The highest BCUT2D eigenvalue weighted by Gasteiger charge is 2.28. The summed E-state index contributed by atoms with van der Waals surface area (Å²) in [5, 5.41) is 0. The van der Waals surface area contributed by atoms with Gasteiger partial charge in [0, 0.05) is 17.6 Å². The largest absolute Gasteiger partial charge is 0.457 e. The quantitative estimate of drug-likeness (QED) is 0.173. The molecule has 1 fully saturated rings. The van der Waals surface area contributed by atoms with Gasteiger partial charge in [0.05, 0.1) is 0 Å². The van der Waals surface area contributed by atoms with Crippen LogP contribution in [0.2, 0.25) is 0 Å². The molecular formula is C26H36O2. The topological polar surface area (TPSA) is 26.3 Å². The van der Waals surface area contributed by atoms with Crippen molar-refractivity contribution in [2.45, 2.75) is 91.1 Å². The van der Waals surface area contributed by atoms with Crippen LogP contribution in [-0.2, 0) is 9.53 Å². The van der Waals surface area contributed by atoms with Crippen molar-refractivity contribution in [3.63, 3.8) is 0 Å². The van der Waals surface area contributed by atoms with Crippen LogP contribution in [0.5, 0.6) is 0 Å². The average molecular weight is 381 g/mol. The van der Waals surface area contributed by atoms with Crippen molar-refractivity contribution in [3.8, 4) is 0 Å². The molecule has 152 valence electrons. The molecule has 0 bridgehead atoms. The third-order valence-electron chi connectivity index (χ3n) is 5.13. The number of hydrogen-bond donors (Lipinski definition) is 0. The summed E-state index contributed by atoms with van der Waals surface area (Å²) >= 11 is 0. The maximum Gasteiger partial charge on any atom is 0.306 e. The van der Waals surface area contributed by atoms with E-state index in [-0.39, 0.29) is 12.1 Å². The van der Waals surface area contributed by atoms with Gasteiger partial charge < -0.3 is 4.74 Å². The normalized spacial score (nSPS) is 16.6. The van der Waals surface area contributed by atoms with E-state index in [1.54, 1.807) is 0 Å². The Hall–Kier alpha value is -2.05. The molecule has 0 amide bonds. The lowest BCUT2D eigenvalue weighted by atomic mass is 9.91. The van der Waals surface area contributed by atoms with Crippen LogP contribution in [0.3, 0.4) is 0 Å². The molecule has 1 saturated heterocycles. The minimum Gasteiger partial charge on any atom is -0.457 e. The van der Waals surface area contributed by atoms with E-state index in [1.807, 2.05) is 6.07 Å². The van der Waals surface area contributed by atoms with E-state index in [4.69, 9.17) is 4.74 Å². The van der Waals surface area contributed by atoms with Crippen molar-refractivity contribution in [2.75, 3.05) is 0 Å².